The average molecular weight is 1250 g/mol. The van der Waals surface area contributed by atoms with Gasteiger partial charge in [0.15, 0.2) is 17.5 Å². The number of aryl methyl sites for hydroxylation is 6. The molecule has 456 valence electrons. The molecule has 9 heteroatoms. The van der Waals surface area contributed by atoms with Crippen LogP contribution in [0.5, 0.6) is 0 Å². The van der Waals surface area contributed by atoms with E-state index in [2.05, 4.69) is 192 Å². The van der Waals surface area contributed by atoms with Gasteiger partial charge in [-0.2, -0.15) is 0 Å². The molecule has 0 aliphatic carbocycles. The van der Waals surface area contributed by atoms with Gasteiger partial charge in [0.05, 0.1) is 5.69 Å². The zero-order valence-electron chi connectivity index (χ0n) is 53.2. The molecule has 0 radical (unpaired) electrons. The highest BCUT2D eigenvalue weighted by atomic mass is 32.1. The third-order valence-corrected chi connectivity index (χ3v) is 18.5. The fraction of sp³-hybridized carbons (Fsp3) is 0.0706. The Bertz CT molecular complexity index is 5100. The maximum atomic E-state index is 5.78. The first-order valence-corrected chi connectivity index (χ1v) is 33.0. The molecule has 0 saturated heterocycles. The number of aromatic nitrogens is 5. The average Bonchev–Trinajstić information content (AvgIpc) is 1.82. The summed E-state index contributed by atoms with van der Waals surface area (Å²) in [5.41, 5.74) is 15.2. The summed E-state index contributed by atoms with van der Waals surface area (Å²) in [4.78, 5) is 22.5. The van der Waals surface area contributed by atoms with Crippen LogP contribution in [0.3, 0.4) is 0 Å². The first-order chi connectivity index (χ1) is 46.1. The highest BCUT2D eigenvalue weighted by Crippen LogP contribution is 2.37. The Balaban J connectivity index is 0.000000103. The van der Waals surface area contributed by atoms with Crippen LogP contribution in [0.2, 0.25) is 0 Å². The molecular formula is C85H67N5O2S2. The van der Waals surface area contributed by atoms with Gasteiger partial charge in [-0.05, 0) is 107 Å². The minimum Gasteiger partial charge on any atom is -0.456 e. The smallest absolute Gasteiger partial charge is 0.163 e. The first-order valence-electron chi connectivity index (χ1n) is 31.4. The van der Waals surface area contributed by atoms with E-state index < -0.39 is 0 Å². The molecule has 18 aromatic rings. The number of nitrogens with zero attached hydrogens (tertiary/aromatic N) is 5. The number of hydrogen-bond donors (Lipinski definition) is 0. The summed E-state index contributed by atoms with van der Waals surface area (Å²) in [6, 6.07) is 101. The second-order valence-electron chi connectivity index (χ2n) is 23.0. The normalized spacial score (nSPS) is 10.9. The van der Waals surface area contributed by atoms with E-state index in [4.69, 9.17) is 8.83 Å². The predicted octanol–water partition coefficient (Wildman–Crippen LogP) is 24.1. The number of benzene rings is 12. The van der Waals surface area contributed by atoms with E-state index in [1.54, 1.807) is 0 Å². The van der Waals surface area contributed by atoms with Crippen LogP contribution in [0.15, 0.2) is 306 Å². The Morgan fingerprint density at radius 2 is 0.691 bits per heavy atom. The molecule has 0 unspecified atom stereocenters. The predicted molar refractivity (Wildman–Crippen MR) is 398 cm³/mol. The first kappa shape index (κ1) is 61.6. The second-order valence-corrected chi connectivity index (χ2v) is 25.1. The van der Waals surface area contributed by atoms with Crippen LogP contribution in [-0.2, 0) is 0 Å². The molecular weight excluding hydrogens is 1190 g/mol. The Morgan fingerprint density at radius 1 is 0.266 bits per heavy atom. The maximum Gasteiger partial charge on any atom is 0.163 e. The summed E-state index contributed by atoms with van der Waals surface area (Å²) in [6.07, 6.45) is 0. The highest BCUT2D eigenvalue weighted by Gasteiger charge is 2.12. The molecule has 18 rings (SSSR count). The lowest BCUT2D eigenvalue weighted by Crippen LogP contribution is -1.99. The molecule has 0 saturated carbocycles. The minimum atomic E-state index is 0.715. The maximum absolute atomic E-state index is 5.78. The molecule has 0 aliphatic heterocycles. The molecule has 6 aromatic heterocycles. The third-order valence-electron chi connectivity index (χ3n) is 16.0. The van der Waals surface area contributed by atoms with Crippen molar-refractivity contribution >= 4 is 107 Å². The lowest BCUT2D eigenvalue weighted by Gasteiger charge is -2.06. The van der Waals surface area contributed by atoms with Gasteiger partial charge >= 0.3 is 0 Å². The molecule has 12 aromatic carbocycles. The Kier molecular flexibility index (Phi) is 18.7. The van der Waals surface area contributed by atoms with E-state index in [0.717, 1.165) is 67.6 Å². The molecule has 6 heterocycles. The minimum absolute atomic E-state index is 0.715. The van der Waals surface area contributed by atoms with Crippen molar-refractivity contribution in [2.45, 2.75) is 41.5 Å². The third kappa shape index (κ3) is 14.1. The van der Waals surface area contributed by atoms with E-state index in [0.29, 0.717) is 11.6 Å². The number of furan rings is 2. The van der Waals surface area contributed by atoms with Gasteiger partial charge in [0.1, 0.15) is 28.2 Å². The standard InChI is InChI=1S/C17H14N2.C16H13N3.2C13H10O.2C13H10S/c1-13-12-16(14-8-4-2-5-9-14)19-17(18-13)15-10-6-3-7-11-15;1-12-17-15(13-8-4-2-5-9-13)19-16(18-12)14-10-6-3-7-11-14;1-9-5-4-7-11-10-6-2-3-8-12(10)14-13(9)11;1-9-6-7-13-11(8-9)10-4-2-3-5-12(10)14-13;1-9-5-4-7-11-10-6-2-3-8-12(10)14-13(9)11;1-9-6-7-13-11(8-9)10-4-2-3-5-12(10)14-13/h2-12H,1H3;2-11H,1H3;4*2-8H,1H3. The van der Waals surface area contributed by atoms with Crippen molar-refractivity contribution in [3.8, 4) is 45.4 Å². The molecule has 0 atom stereocenters. The summed E-state index contributed by atoms with van der Waals surface area (Å²) < 4.78 is 17.1. The lowest BCUT2D eigenvalue weighted by atomic mass is 10.1. The molecule has 94 heavy (non-hydrogen) atoms. The van der Waals surface area contributed by atoms with Gasteiger partial charge in [0.2, 0.25) is 0 Å². The van der Waals surface area contributed by atoms with Crippen molar-refractivity contribution in [2.75, 3.05) is 0 Å². The van der Waals surface area contributed by atoms with Gasteiger partial charge < -0.3 is 8.83 Å². The molecule has 0 aliphatic rings. The van der Waals surface area contributed by atoms with Crippen molar-refractivity contribution in [1.82, 2.24) is 24.9 Å². The largest absolute Gasteiger partial charge is 0.456 e. The molecule has 0 amide bonds. The number of thiophene rings is 2. The van der Waals surface area contributed by atoms with Crippen LogP contribution < -0.4 is 0 Å². The van der Waals surface area contributed by atoms with Crippen LogP contribution in [0.1, 0.15) is 33.8 Å². The Hall–Kier alpha value is -11.2. The fourth-order valence-electron chi connectivity index (χ4n) is 11.4. The van der Waals surface area contributed by atoms with Crippen molar-refractivity contribution in [3.05, 3.63) is 331 Å². The number of fused-ring (bicyclic) bond motifs is 12. The number of para-hydroxylation sites is 3. The highest BCUT2D eigenvalue weighted by molar-refractivity contribution is 7.26. The summed E-state index contributed by atoms with van der Waals surface area (Å²) in [5, 5.41) is 10.4. The van der Waals surface area contributed by atoms with E-state index >= 15 is 0 Å². The Labute approximate surface area is 555 Å². The zero-order valence-corrected chi connectivity index (χ0v) is 54.8. The fourth-order valence-corrected chi connectivity index (χ4v) is 13.7. The topological polar surface area (TPSA) is 90.7 Å². The molecule has 0 bridgehead atoms. The van der Waals surface area contributed by atoms with Crippen molar-refractivity contribution in [2.24, 2.45) is 0 Å². The number of hydrogen-bond acceptors (Lipinski definition) is 9. The molecule has 0 fully saturated rings. The zero-order chi connectivity index (χ0) is 64.3. The van der Waals surface area contributed by atoms with Crippen molar-refractivity contribution in [1.29, 1.82) is 0 Å². The van der Waals surface area contributed by atoms with Gasteiger partial charge in [-0.25, -0.2) is 24.9 Å². The summed E-state index contributed by atoms with van der Waals surface area (Å²) in [6.45, 7) is 12.4. The van der Waals surface area contributed by atoms with E-state index in [-0.39, 0.29) is 0 Å². The Morgan fingerprint density at radius 3 is 1.30 bits per heavy atom. The van der Waals surface area contributed by atoms with Crippen molar-refractivity contribution < 1.29 is 8.83 Å². The molecule has 0 spiro atoms. The summed E-state index contributed by atoms with van der Waals surface area (Å²) >= 11 is 3.76. The van der Waals surface area contributed by atoms with E-state index in [9.17, 15) is 0 Å². The van der Waals surface area contributed by atoms with Gasteiger partial charge in [-0.15, -0.1) is 22.7 Å². The molecule has 7 nitrogen and oxygen atoms in total. The second kappa shape index (κ2) is 28.5. The van der Waals surface area contributed by atoms with E-state index in [1.165, 1.54) is 84.1 Å². The van der Waals surface area contributed by atoms with E-state index in [1.807, 2.05) is 194 Å². The summed E-state index contributed by atoms with van der Waals surface area (Å²) in [5.74, 6) is 2.94. The van der Waals surface area contributed by atoms with Crippen LogP contribution in [0, 0.1) is 41.5 Å². The van der Waals surface area contributed by atoms with Crippen molar-refractivity contribution in [3.63, 3.8) is 0 Å². The van der Waals surface area contributed by atoms with Crippen LogP contribution in [-0.4, -0.2) is 24.9 Å². The van der Waals surface area contributed by atoms with Gasteiger partial charge in [-0.3, -0.25) is 0 Å². The summed E-state index contributed by atoms with van der Waals surface area (Å²) in [7, 11) is 0. The van der Waals surface area contributed by atoms with Crippen LogP contribution >= 0.6 is 22.7 Å². The molecule has 0 N–H and O–H groups in total. The van der Waals surface area contributed by atoms with Gasteiger partial charge in [-0.1, -0.05) is 254 Å². The lowest BCUT2D eigenvalue weighted by molar-refractivity contribution is 0.666. The SMILES string of the molecule is Cc1cc(-c2ccccc2)nc(-c2ccccc2)n1.Cc1ccc2oc3ccccc3c2c1.Cc1ccc2sc3ccccc3c2c1.Cc1cccc2c1oc1ccccc12.Cc1cccc2c1sc1ccccc12.Cc1nc(-c2ccccc2)nc(-c2ccccc2)n1. The van der Waals surface area contributed by atoms with Crippen LogP contribution in [0.25, 0.3) is 130 Å². The van der Waals surface area contributed by atoms with Gasteiger partial charge in [0.25, 0.3) is 0 Å². The van der Waals surface area contributed by atoms with Gasteiger partial charge in [0, 0.05) is 89.8 Å². The van der Waals surface area contributed by atoms with Crippen LogP contribution in [0.4, 0.5) is 0 Å². The number of rotatable bonds is 4. The monoisotopic (exact) mass is 1250 g/mol. The quantitative estimate of drug-likeness (QED) is 0.173.